The molecule has 0 aliphatic carbocycles. The van der Waals surface area contributed by atoms with Crippen LogP contribution in [-0.2, 0) is 4.79 Å². The van der Waals surface area contributed by atoms with E-state index in [0.717, 1.165) is 0 Å². The van der Waals surface area contributed by atoms with E-state index in [0.29, 0.717) is 5.01 Å². The van der Waals surface area contributed by atoms with E-state index in [2.05, 4.69) is 5.32 Å². The monoisotopic (exact) mass is 244 g/mol. The van der Waals surface area contributed by atoms with E-state index in [-0.39, 0.29) is 18.9 Å². The van der Waals surface area contributed by atoms with Crippen LogP contribution in [-0.4, -0.2) is 40.2 Å². The zero-order valence-corrected chi connectivity index (χ0v) is 9.69. The Kier molecular flexibility index (Phi) is 3.56. The number of hydrogen-bond acceptors (Lipinski definition) is 4. The number of urea groups is 2. The number of hydrazine groups is 1. The SMILES string of the molecule is CC(C)C1(CCO)NC(=O)N(NC(N)=O)C1=O. The van der Waals surface area contributed by atoms with Crippen molar-refractivity contribution < 1.29 is 19.5 Å². The van der Waals surface area contributed by atoms with Gasteiger partial charge in [0.1, 0.15) is 5.54 Å². The predicted octanol–water partition coefficient (Wildman–Crippen LogP) is -1.10. The van der Waals surface area contributed by atoms with Gasteiger partial charge in [-0.1, -0.05) is 13.8 Å². The average Bonchev–Trinajstić information content (AvgIpc) is 2.44. The molecule has 1 fully saturated rings. The van der Waals surface area contributed by atoms with Crippen molar-refractivity contribution in [1.29, 1.82) is 0 Å². The molecule has 1 aliphatic rings. The lowest BCUT2D eigenvalue weighted by Crippen LogP contribution is -2.54. The van der Waals surface area contributed by atoms with Crippen LogP contribution in [0.25, 0.3) is 0 Å². The topological polar surface area (TPSA) is 125 Å². The quantitative estimate of drug-likeness (QED) is 0.468. The van der Waals surface area contributed by atoms with Gasteiger partial charge in [-0.05, 0) is 5.92 Å². The number of hydrogen-bond donors (Lipinski definition) is 4. The smallest absolute Gasteiger partial charge is 0.344 e. The molecule has 1 rings (SSSR count). The van der Waals surface area contributed by atoms with Gasteiger partial charge in [-0.2, -0.15) is 5.01 Å². The summed E-state index contributed by atoms with van der Waals surface area (Å²) in [6.07, 6.45) is 0.0756. The lowest BCUT2D eigenvalue weighted by molar-refractivity contribution is -0.135. The van der Waals surface area contributed by atoms with E-state index < -0.39 is 23.5 Å². The maximum Gasteiger partial charge on any atom is 0.344 e. The number of nitrogens with zero attached hydrogens (tertiary/aromatic N) is 1. The molecule has 8 heteroatoms. The molecular formula is C9H16N4O4. The number of carbonyl (C=O) groups is 3. The fourth-order valence-electron chi connectivity index (χ4n) is 1.83. The second-order valence-electron chi connectivity index (χ2n) is 4.15. The maximum atomic E-state index is 12.1. The zero-order valence-electron chi connectivity index (χ0n) is 9.69. The molecule has 0 aromatic rings. The lowest BCUT2D eigenvalue weighted by Gasteiger charge is -2.29. The minimum Gasteiger partial charge on any atom is -0.396 e. The first-order chi connectivity index (χ1) is 7.85. The summed E-state index contributed by atoms with van der Waals surface area (Å²) < 4.78 is 0. The van der Waals surface area contributed by atoms with E-state index in [4.69, 9.17) is 10.8 Å². The number of nitrogens with one attached hydrogen (secondary N) is 2. The summed E-state index contributed by atoms with van der Waals surface area (Å²) in [5, 5.41) is 12.0. The predicted molar refractivity (Wildman–Crippen MR) is 57.4 cm³/mol. The molecule has 1 unspecified atom stereocenters. The van der Waals surface area contributed by atoms with Gasteiger partial charge in [0.15, 0.2) is 0 Å². The van der Waals surface area contributed by atoms with Gasteiger partial charge in [0.05, 0.1) is 0 Å². The van der Waals surface area contributed by atoms with Gasteiger partial charge in [0.25, 0.3) is 5.91 Å². The number of amides is 5. The van der Waals surface area contributed by atoms with E-state index in [9.17, 15) is 14.4 Å². The number of carbonyl (C=O) groups excluding carboxylic acids is 3. The molecule has 1 heterocycles. The van der Waals surface area contributed by atoms with Gasteiger partial charge in [-0.25, -0.2) is 15.0 Å². The molecule has 96 valence electrons. The van der Waals surface area contributed by atoms with Gasteiger partial charge in [0.2, 0.25) is 0 Å². The first-order valence-electron chi connectivity index (χ1n) is 5.19. The summed E-state index contributed by atoms with van der Waals surface area (Å²) in [6, 6.07) is -1.76. The summed E-state index contributed by atoms with van der Waals surface area (Å²) in [5.41, 5.74) is 5.60. The Labute approximate surface area is 98.1 Å². The van der Waals surface area contributed by atoms with Crippen molar-refractivity contribution in [3.8, 4) is 0 Å². The Morgan fingerprint density at radius 3 is 2.59 bits per heavy atom. The third-order valence-corrected chi connectivity index (χ3v) is 2.83. The fourth-order valence-corrected chi connectivity index (χ4v) is 1.83. The molecule has 1 atom stereocenters. The fraction of sp³-hybridized carbons (Fsp3) is 0.667. The standard InChI is InChI=1S/C9H16N4O4/c1-5(2)9(3-4-14)6(15)13(8(17)11-9)12-7(10)16/h5,14H,3-4H2,1-2H3,(H,11,17)(H3,10,12,16). The van der Waals surface area contributed by atoms with Crippen LogP contribution in [0.2, 0.25) is 0 Å². The summed E-state index contributed by atoms with van der Waals surface area (Å²) in [4.78, 5) is 34.3. The number of primary amides is 1. The van der Waals surface area contributed by atoms with Gasteiger partial charge >= 0.3 is 12.1 Å². The first-order valence-corrected chi connectivity index (χ1v) is 5.19. The minimum atomic E-state index is -1.20. The Morgan fingerprint density at radius 1 is 1.59 bits per heavy atom. The van der Waals surface area contributed by atoms with Crippen LogP contribution in [0.15, 0.2) is 0 Å². The van der Waals surface area contributed by atoms with Crippen molar-refractivity contribution >= 4 is 18.0 Å². The zero-order chi connectivity index (χ0) is 13.2. The molecule has 0 aromatic carbocycles. The molecule has 0 bridgehead atoms. The third-order valence-electron chi connectivity index (χ3n) is 2.83. The molecule has 17 heavy (non-hydrogen) atoms. The number of rotatable bonds is 4. The minimum absolute atomic E-state index is 0.0756. The summed E-state index contributed by atoms with van der Waals surface area (Å²) in [5.74, 6) is -0.851. The van der Waals surface area contributed by atoms with Crippen molar-refractivity contribution in [3.63, 3.8) is 0 Å². The Bertz CT molecular complexity index is 357. The summed E-state index contributed by atoms with van der Waals surface area (Å²) >= 11 is 0. The van der Waals surface area contributed by atoms with Gasteiger partial charge in [0, 0.05) is 13.0 Å². The molecule has 8 nitrogen and oxygen atoms in total. The van der Waals surface area contributed by atoms with Crippen molar-refractivity contribution in [2.24, 2.45) is 11.7 Å². The first kappa shape index (κ1) is 13.2. The lowest BCUT2D eigenvalue weighted by atomic mass is 9.83. The molecule has 0 radical (unpaired) electrons. The molecule has 1 saturated heterocycles. The van der Waals surface area contributed by atoms with E-state index in [1.165, 1.54) is 0 Å². The Hall–Kier alpha value is -1.83. The van der Waals surface area contributed by atoms with Crippen LogP contribution in [0.4, 0.5) is 9.59 Å². The molecule has 0 spiro atoms. The third kappa shape index (κ3) is 2.16. The van der Waals surface area contributed by atoms with Crippen LogP contribution in [0.3, 0.4) is 0 Å². The van der Waals surface area contributed by atoms with Gasteiger partial charge in [-0.15, -0.1) is 0 Å². The van der Waals surface area contributed by atoms with E-state index in [1.54, 1.807) is 13.8 Å². The molecule has 0 aromatic heterocycles. The van der Waals surface area contributed by atoms with Crippen LogP contribution in [0.1, 0.15) is 20.3 Å². The van der Waals surface area contributed by atoms with Gasteiger partial charge < -0.3 is 16.2 Å². The highest BCUT2D eigenvalue weighted by Crippen LogP contribution is 2.28. The number of aliphatic hydroxyl groups is 1. The summed E-state index contributed by atoms with van der Waals surface area (Å²) in [7, 11) is 0. The van der Waals surface area contributed by atoms with Crippen molar-refractivity contribution in [3.05, 3.63) is 0 Å². The molecular weight excluding hydrogens is 228 g/mol. The Balaban J connectivity index is 3.01. The number of nitrogens with two attached hydrogens (primary N) is 1. The van der Waals surface area contributed by atoms with Crippen molar-refractivity contribution in [1.82, 2.24) is 15.8 Å². The molecule has 5 N–H and O–H groups in total. The van der Waals surface area contributed by atoms with E-state index >= 15 is 0 Å². The van der Waals surface area contributed by atoms with Crippen molar-refractivity contribution in [2.45, 2.75) is 25.8 Å². The molecule has 5 amide bonds. The second kappa shape index (κ2) is 4.58. The average molecular weight is 244 g/mol. The highest BCUT2D eigenvalue weighted by molar-refractivity contribution is 6.07. The largest absolute Gasteiger partial charge is 0.396 e. The highest BCUT2D eigenvalue weighted by Gasteiger charge is 2.53. The van der Waals surface area contributed by atoms with Crippen LogP contribution in [0, 0.1) is 5.92 Å². The number of imide groups is 1. The van der Waals surface area contributed by atoms with Gasteiger partial charge in [-0.3, -0.25) is 4.79 Å². The highest BCUT2D eigenvalue weighted by atomic mass is 16.3. The number of aliphatic hydroxyl groups excluding tert-OH is 1. The summed E-state index contributed by atoms with van der Waals surface area (Å²) in [6.45, 7) is 3.22. The van der Waals surface area contributed by atoms with E-state index in [1.807, 2.05) is 5.43 Å². The Morgan fingerprint density at radius 2 is 2.18 bits per heavy atom. The maximum absolute atomic E-state index is 12.1. The normalized spacial score (nSPS) is 24.1. The second-order valence-corrected chi connectivity index (χ2v) is 4.15. The van der Waals surface area contributed by atoms with Crippen LogP contribution < -0.4 is 16.5 Å². The molecule has 1 aliphatic heterocycles. The van der Waals surface area contributed by atoms with Crippen molar-refractivity contribution in [2.75, 3.05) is 6.61 Å². The molecule has 0 saturated carbocycles. The van der Waals surface area contributed by atoms with Crippen LogP contribution in [0.5, 0.6) is 0 Å². The van der Waals surface area contributed by atoms with Crippen LogP contribution >= 0.6 is 0 Å².